The Morgan fingerprint density at radius 2 is 2.28 bits per heavy atom. The Morgan fingerprint density at radius 1 is 1.50 bits per heavy atom. The van der Waals surface area contributed by atoms with E-state index in [1.165, 1.54) is 6.26 Å². The second kappa shape index (κ2) is 5.85. The lowest BCUT2D eigenvalue weighted by Crippen LogP contribution is -2.05. The molecule has 1 N–H and O–H groups in total. The zero-order valence-corrected chi connectivity index (χ0v) is 11.8. The van der Waals surface area contributed by atoms with Crippen molar-refractivity contribution in [3.63, 3.8) is 0 Å². The van der Waals surface area contributed by atoms with Crippen LogP contribution in [-0.2, 0) is 4.74 Å². The molecular weight excluding hydrogens is 347 g/mol. The first-order valence-corrected chi connectivity index (χ1v) is 6.42. The van der Waals surface area contributed by atoms with Crippen LogP contribution in [0.25, 0.3) is 0 Å². The topological polar surface area (TPSA) is 64.4 Å². The highest BCUT2D eigenvalue weighted by Crippen LogP contribution is 2.21. The SMILES string of the molecule is CCOC(=O)c1coc(Nc2ccccc2I)n1. The molecule has 0 aliphatic rings. The van der Waals surface area contributed by atoms with Crippen molar-refractivity contribution in [1.29, 1.82) is 0 Å². The molecule has 5 nitrogen and oxygen atoms in total. The molecule has 2 rings (SSSR count). The van der Waals surface area contributed by atoms with Crippen molar-refractivity contribution in [2.24, 2.45) is 0 Å². The number of ether oxygens (including phenoxy) is 1. The number of esters is 1. The molecule has 0 amide bonds. The fraction of sp³-hybridized carbons (Fsp3) is 0.167. The van der Waals surface area contributed by atoms with Crippen LogP contribution in [0.2, 0.25) is 0 Å². The van der Waals surface area contributed by atoms with E-state index in [1.54, 1.807) is 6.92 Å². The Kier molecular flexibility index (Phi) is 4.19. The van der Waals surface area contributed by atoms with Crippen molar-refractivity contribution in [3.8, 4) is 0 Å². The van der Waals surface area contributed by atoms with Gasteiger partial charge in [-0.25, -0.2) is 4.79 Å². The number of carbonyl (C=O) groups excluding carboxylic acids is 1. The van der Waals surface area contributed by atoms with Gasteiger partial charge >= 0.3 is 5.97 Å². The summed E-state index contributed by atoms with van der Waals surface area (Å²) in [6.45, 7) is 2.05. The molecule has 0 saturated heterocycles. The van der Waals surface area contributed by atoms with Gasteiger partial charge in [0.15, 0.2) is 5.69 Å². The van der Waals surface area contributed by atoms with E-state index in [9.17, 15) is 4.79 Å². The maximum atomic E-state index is 11.4. The molecule has 0 fully saturated rings. The maximum absolute atomic E-state index is 11.4. The lowest BCUT2D eigenvalue weighted by Gasteiger charge is -2.03. The predicted octanol–water partition coefficient (Wildman–Crippen LogP) is 3.20. The average Bonchev–Trinajstić information content (AvgIpc) is 2.81. The van der Waals surface area contributed by atoms with Crippen LogP contribution in [0.1, 0.15) is 17.4 Å². The highest BCUT2D eigenvalue weighted by molar-refractivity contribution is 14.1. The van der Waals surface area contributed by atoms with Crippen LogP contribution in [0.15, 0.2) is 34.9 Å². The van der Waals surface area contributed by atoms with Gasteiger partial charge in [-0.15, -0.1) is 0 Å². The molecule has 0 radical (unpaired) electrons. The van der Waals surface area contributed by atoms with Gasteiger partial charge < -0.3 is 14.5 Å². The third-order valence-corrected chi connectivity index (χ3v) is 3.04. The van der Waals surface area contributed by atoms with Crippen LogP contribution < -0.4 is 5.32 Å². The minimum absolute atomic E-state index is 0.158. The van der Waals surface area contributed by atoms with Crippen molar-refractivity contribution < 1.29 is 13.9 Å². The molecule has 0 aliphatic carbocycles. The van der Waals surface area contributed by atoms with Gasteiger partial charge in [-0.05, 0) is 41.6 Å². The lowest BCUT2D eigenvalue weighted by molar-refractivity contribution is 0.0519. The summed E-state index contributed by atoms with van der Waals surface area (Å²) in [4.78, 5) is 15.4. The van der Waals surface area contributed by atoms with Crippen molar-refractivity contribution in [2.75, 3.05) is 11.9 Å². The summed E-state index contributed by atoms with van der Waals surface area (Å²) in [5.41, 5.74) is 1.03. The van der Waals surface area contributed by atoms with E-state index in [4.69, 9.17) is 9.15 Å². The highest BCUT2D eigenvalue weighted by atomic mass is 127. The first kappa shape index (κ1) is 12.9. The minimum atomic E-state index is -0.489. The Balaban J connectivity index is 2.12. The normalized spacial score (nSPS) is 10.1. The van der Waals surface area contributed by atoms with E-state index >= 15 is 0 Å². The number of aromatic nitrogens is 1. The predicted molar refractivity (Wildman–Crippen MR) is 74.9 cm³/mol. The number of halogens is 1. The van der Waals surface area contributed by atoms with Crippen LogP contribution in [-0.4, -0.2) is 17.6 Å². The number of carbonyl (C=O) groups is 1. The molecule has 1 heterocycles. The number of hydrogen-bond donors (Lipinski definition) is 1. The number of hydrogen-bond acceptors (Lipinski definition) is 5. The summed E-state index contributed by atoms with van der Waals surface area (Å²) < 4.78 is 11.0. The van der Waals surface area contributed by atoms with Crippen molar-refractivity contribution in [3.05, 3.63) is 39.8 Å². The zero-order valence-electron chi connectivity index (χ0n) is 9.64. The van der Waals surface area contributed by atoms with Crippen molar-refractivity contribution in [2.45, 2.75) is 6.92 Å². The van der Waals surface area contributed by atoms with E-state index < -0.39 is 5.97 Å². The minimum Gasteiger partial charge on any atom is -0.461 e. The fourth-order valence-electron chi connectivity index (χ4n) is 1.31. The smallest absolute Gasteiger partial charge is 0.360 e. The standard InChI is InChI=1S/C12H11IN2O3/c1-2-17-11(16)10-7-18-12(15-10)14-9-6-4-3-5-8(9)13/h3-7H,2H2,1H3,(H,14,15). The Morgan fingerprint density at radius 3 is 3.00 bits per heavy atom. The first-order chi connectivity index (χ1) is 8.70. The van der Waals surface area contributed by atoms with Gasteiger partial charge in [0, 0.05) is 3.57 Å². The van der Waals surface area contributed by atoms with Gasteiger partial charge in [0.1, 0.15) is 6.26 Å². The van der Waals surface area contributed by atoms with Gasteiger partial charge in [-0.2, -0.15) is 4.98 Å². The zero-order chi connectivity index (χ0) is 13.0. The Hall–Kier alpha value is -1.57. The van der Waals surface area contributed by atoms with E-state index in [1.807, 2.05) is 24.3 Å². The second-order valence-electron chi connectivity index (χ2n) is 3.36. The number of rotatable bonds is 4. The van der Waals surface area contributed by atoms with Gasteiger partial charge in [-0.3, -0.25) is 0 Å². The van der Waals surface area contributed by atoms with E-state index in [-0.39, 0.29) is 11.7 Å². The highest BCUT2D eigenvalue weighted by Gasteiger charge is 2.13. The molecule has 2 aromatic rings. The van der Waals surface area contributed by atoms with Gasteiger partial charge in [0.25, 0.3) is 6.01 Å². The summed E-state index contributed by atoms with van der Waals surface area (Å²) in [6.07, 6.45) is 1.27. The van der Waals surface area contributed by atoms with E-state index in [0.29, 0.717) is 6.61 Å². The molecule has 18 heavy (non-hydrogen) atoms. The molecule has 1 aromatic carbocycles. The average molecular weight is 358 g/mol. The van der Waals surface area contributed by atoms with E-state index in [0.717, 1.165) is 9.26 Å². The fourth-order valence-corrected chi connectivity index (χ4v) is 1.83. The van der Waals surface area contributed by atoms with Crippen LogP contribution in [0.5, 0.6) is 0 Å². The van der Waals surface area contributed by atoms with Gasteiger partial charge in [0.2, 0.25) is 0 Å². The largest absolute Gasteiger partial charge is 0.461 e. The number of oxazole rings is 1. The number of benzene rings is 1. The van der Waals surface area contributed by atoms with Crippen LogP contribution >= 0.6 is 22.6 Å². The van der Waals surface area contributed by atoms with Crippen LogP contribution in [0.3, 0.4) is 0 Å². The number of anilines is 2. The first-order valence-electron chi connectivity index (χ1n) is 5.35. The third kappa shape index (κ3) is 3.00. The Bertz CT molecular complexity index is 554. The maximum Gasteiger partial charge on any atom is 0.360 e. The van der Waals surface area contributed by atoms with Gasteiger partial charge in [0.05, 0.1) is 12.3 Å². The molecule has 0 spiro atoms. The van der Waals surface area contributed by atoms with Crippen molar-refractivity contribution >= 4 is 40.3 Å². The molecule has 6 heteroatoms. The third-order valence-electron chi connectivity index (χ3n) is 2.10. The van der Waals surface area contributed by atoms with Crippen LogP contribution in [0, 0.1) is 3.57 Å². The number of para-hydroxylation sites is 1. The molecule has 0 saturated carbocycles. The molecular formula is C12H11IN2O3. The molecule has 0 unspecified atom stereocenters. The quantitative estimate of drug-likeness (QED) is 0.672. The molecule has 94 valence electrons. The lowest BCUT2D eigenvalue weighted by atomic mass is 10.3. The summed E-state index contributed by atoms with van der Waals surface area (Å²) >= 11 is 2.20. The molecule has 0 bridgehead atoms. The monoisotopic (exact) mass is 358 g/mol. The van der Waals surface area contributed by atoms with Gasteiger partial charge in [-0.1, -0.05) is 12.1 Å². The molecule has 0 aliphatic heterocycles. The number of nitrogens with one attached hydrogen (secondary N) is 1. The summed E-state index contributed by atoms with van der Waals surface area (Å²) in [5, 5.41) is 3.00. The summed E-state index contributed by atoms with van der Waals surface area (Å²) in [5.74, 6) is -0.489. The Labute approximate surface area is 118 Å². The summed E-state index contributed by atoms with van der Waals surface area (Å²) in [6, 6.07) is 7.96. The van der Waals surface area contributed by atoms with Crippen LogP contribution in [0.4, 0.5) is 11.7 Å². The molecule has 1 aromatic heterocycles. The summed E-state index contributed by atoms with van der Waals surface area (Å²) in [7, 11) is 0. The molecule has 0 atom stereocenters. The number of nitrogens with zero attached hydrogens (tertiary/aromatic N) is 1. The second-order valence-corrected chi connectivity index (χ2v) is 4.53. The van der Waals surface area contributed by atoms with E-state index in [2.05, 4.69) is 32.9 Å². The van der Waals surface area contributed by atoms with Crippen molar-refractivity contribution in [1.82, 2.24) is 4.98 Å².